The molecule has 0 aliphatic heterocycles. The Labute approximate surface area is 123 Å². The largest absolute Gasteiger partial charge is 0.348 e. The predicted molar refractivity (Wildman–Crippen MR) is 81.4 cm³/mol. The fourth-order valence-electron chi connectivity index (χ4n) is 1.79. The van der Waals surface area contributed by atoms with E-state index < -0.39 is 6.04 Å². The van der Waals surface area contributed by atoms with Crippen LogP contribution < -0.4 is 11.1 Å². The normalized spacial score (nSPS) is 12.2. The summed E-state index contributed by atoms with van der Waals surface area (Å²) in [6, 6.07) is 7.05. The molecule has 4 nitrogen and oxygen atoms in total. The second-order valence-electron chi connectivity index (χ2n) is 4.68. The van der Waals surface area contributed by atoms with Gasteiger partial charge in [0.1, 0.15) is 11.0 Å². The number of aromatic nitrogens is 1. The van der Waals surface area contributed by atoms with Gasteiger partial charge in [0.2, 0.25) is 5.91 Å². The molecule has 0 aliphatic carbocycles. The first-order valence-corrected chi connectivity index (χ1v) is 7.45. The van der Waals surface area contributed by atoms with Crippen molar-refractivity contribution in [3.8, 4) is 0 Å². The molecule has 2 rings (SSSR count). The molecule has 106 valence electrons. The fourth-order valence-corrected chi connectivity index (χ4v) is 2.59. The lowest BCUT2D eigenvalue weighted by Crippen LogP contribution is -2.33. The van der Waals surface area contributed by atoms with Gasteiger partial charge in [-0.05, 0) is 18.9 Å². The smallest absolute Gasteiger partial charge is 0.241 e. The molecule has 0 spiro atoms. The second-order valence-corrected chi connectivity index (χ2v) is 5.88. The number of carbonyl (C=O) groups excluding carboxylic acids is 1. The van der Waals surface area contributed by atoms with Crippen molar-refractivity contribution >= 4 is 17.2 Å². The molecule has 1 unspecified atom stereocenters. The number of benzene rings is 1. The number of hydrogen-bond acceptors (Lipinski definition) is 4. The number of aryl methyl sites for hydroxylation is 2. The Morgan fingerprint density at radius 1 is 1.40 bits per heavy atom. The van der Waals surface area contributed by atoms with Gasteiger partial charge in [-0.2, -0.15) is 0 Å². The minimum atomic E-state index is -0.638. The number of nitrogens with two attached hydrogens (primary N) is 1. The molecule has 0 saturated heterocycles. The predicted octanol–water partition coefficient (Wildman–Crippen LogP) is 2.33. The van der Waals surface area contributed by atoms with Gasteiger partial charge in [-0.25, -0.2) is 4.98 Å². The number of thiazole rings is 1. The molecule has 0 radical (unpaired) electrons. The summed E-state index contributed by atoms with van der Waals surface area (Å²) >= 11 is 1.62. The third-order valence-electron chi connectivity index (χ3n) is 3.08. The highest BCUT2D eigenvalue weighted by atomic mass is 32.1. The van der Waals surface area contributed by atoms with E-state index >= 15 is 0 Å². The van der Waals surface area contributed by atoms with Crippen LogP contribution in [0.4, 0.5) is 0 Å². The second kappa shape index (κ2) is 6.63. The Morgan fingerprint density at radius 2 is 2.10 bits per heavy atom. The van der Waals surface area contributed by atoms with Crippen LogP contribution in [-0.2, 0) is 17.8 Å². The Hall–Kier alpha value is -1.72. The van der Waals surface area contributed by atoms with Gasteiger partial charge < -0.3 is 11.1 Å². The maximum Gasteiger partial charge on any atom is 0.241 e. The van der Waals surface area contributed by atoms with Crippen LogP contribution in [0.3, 0.4) is 0 Å². The van der Waals surface area contributed by atoms with E-state index in [4.69, 9.17) is 5.73 Å². The summed E-state index contributed by atoms with van der Waals surface area (Å²) in [4.78, 5) is 17.5. The molecule has 0 bridgehead atoms. The van der Waals surface area contributed by atoms with Crippen LogP contribution in [0.5, 0.6) is 0 Å². The average molecular weight is 289 g/mol. The number of nitrogens with one attached hydrogen (secondary N) is 1. The molecule has 0 aliphatic rings. The summed E-state index contributed by atoms with van der Waals surface area (Å²) in [5.74, 6) is -0.179. The summed E-state index contributed by atoms with van der Waals surface area (Å²) in [5.41, 5.74) is 7.93. The number of hydrogen-bond donors (Lipinski definition) is 2. The summed E-state index contributed by atoms with van der Waals surface area (Å²) in [6.45, 7) is 4.52. The van der Waals surface area contributed by atoms with Crippen molar-refractivity contribution in [3.05, 3.63) is 51.5 Å². The molecule has 3 N–H and O–H groups in total. The van der Waals surface area contributed by atoms with Gasteiger partial charge in [0.15, 0.2) is 0 Å². The molecular weight excluding hydrogens is 270 g/mol. The van der Waals surface area contributed by atoms with Crippen LogP contribution in [0.25, 0.3) is 0 Å². The van der Waals surface area contributed by atoms with Crippen molar-refractivity contribution in [2.45, 2.75) is 32.9 Å². The maximum absolute atomic E-state index is 12.0. The van der Waals surface area contributed by atoms with Crippen LogP contribution in [0.1, 0.15) is 34.0 Å². The van der Waals surface area contributed by atoms with E-state index in [-0.39, 0.29) is 5.91 Å². The van der Waals surface area contributed by atoms with Crippen molar-refractivity contribution in [1.29, 1.82) is 0 Å². The van der Waals surface area contributed by atoms with E-state index in [2.05, 4.69) is 17.2 Å². The van der Waals surface area contributed by atoms with Crippen LogP contribution >= 0.6 is 11.3 Å². The highest BCUT2D eigenvalue weighted by Gasteiger charge is 2.15. The Morgan fingerprint density at radius 3 is 2.70 bits per heavy atom. The molecule has 1 aromatic carbocycles. The highest BCUT2D eigenvalue weighted by molar-refractivity contribution is 7.11. The van der Waals surface area contributed by atoms with E-state index in [9.17, 15) is 4.79 Å². The summed E-state index contributed by atoms with van der Waals surface area (Å²) < 4.78 is 0. The Bertz CT molecular complexity index is 577. The third-order valence-corrected chi connectivity index (χ3v) is 4.22. The van der Waals surface area contributed by atoms with Gasteiger partial charge in [0.05, 0.1) is 6.54 Å². The molecule has 1 aromatic heterocycles. The molecule has 1 atom stereocenters. The third kappa shape index (κ3) is 3.65. The quantitative estimate of drug-likeness (QED) is 0.887. The molecule has 1 heterocycles. The van der Waals surface area contributed by atoms with E-state index in [0.717, 1.165) is 22.6 Å². The SMILES string of the molecule is CCc1cnc(CNC(=O)C(N)c2ccc(C)cc2)s1. The number of nitrogens with zero attached hydrogens (tertiary/aromatic N) is 1. The first kappa shape index (κ1) is 14.7. The van der Waals surface area contributed by atoms with Crippen LogP contribution in [0.15, 0.2) is 30.5 Å². The monoisotopic (exact) mass is 289 g/mol. The first-order chi connectivity index (χ1) is 9.60. The Kier molecular flexibility index (Phi) is 4.87. The van der Waals surface area contributed by atoms with Gasteiger partial charge in [0, 0.05) is 11.1 Å². The van der Waals surface area contributed by atoms with E-state index in [1.54, 1.807) is 11.3 Å². The summed E-state index contributed by atoms with van der Waals surface area (Å²) in [7, 11) is 0. The maximum atomic E-state index is 12.0. The van der Waals surface area contributed by atoms with Gasteiger partial charge in [0.25, 0.3) is 0 Å². The minimum absolute atomic E-state index is 0.179. The first-order valence-electron chi connectivity index (χ1n) is 6.63. The lowest BCUT2D eigenvalue weighted by atomic mass is 10.1. The van der Waals surface area contributed by atoms with E-state index in [0.29, 0.717) is 6.54 Å². The standard InChI is InChI=1S/C15H19N3OS/c1-3-12-8-17-13(20-12)9-18-15(19)14(16)11-6-4-10(2)5-7-11/h4-8,14H,3,9,16H2,1-2H3,(H,18,19). The molecular formula is C15H19N3OS. The lowest BCUT2D eigenvalue weighted by molar-refractivity contribution is -0.122. The van der Waals surface area contributed by atoms with Crippen molar-refractivity contribution < 1.29 is 4.79 Å². The number of rotatable bonds is 5. The van der Waals surface area contributed by atoms with E-state index in [1.807, 2.05) is 37.4 Å². The molecule has 0 fully saturated rings. The molecule has 5 heteroatoms. The van der Waals surface area contributed by atoms with Gasteiger partial charge in [-0.3, -0.25) is 4.79 Å². The summed E-state index contributed by atoms with van der Waals surface area (Å²) in [6.07, 6.45) is 2.82. The zero-order valence-electron chi connectivity index (χ0n) is 11.7. The molecule has 1 amide bonds. The molecule has 0 saturated carbocycles. The topological polar surface area (TPSA) is 68.0 Å². The lowest BCUT2D eigenvalue weighted by Gasteiger charge is -2.12. The van der Waals surface area contributed by atoms with Crippen LogP contribution in [0, 0.1) is 6.92 Å². The van der Waals surface area contributed by atoms with Crippen molar-refractivity contribution in [1.82, 2.24) is 10.3 Å². The highest BCUT2D eigenvalue weighted by Crippen LogP contribution is 2.14. The van der Waals surface area contributed by atoms with Crippen LogP contribution in [0.2, 0.25) is 0 Å². The Balaban J connectivity index is 1.92. The molecule has 20 heavy (non-hydrogen) atoms. The number of carbonyl (C=O) groups is 1. The fraction of sp³-hybridized carbons (Fsp3) is 0.333. The van der Waals surface area contributed by atoms with Gasteiger partial charge >= 0.3 is 0 Å². The van der Waals surface area contributed by atoms with Gasteiger partial charge in [-0.15, -0.1) is 11.3 Å². The molecule has 2 aromatic rings. The minimum Gasteiger partial charge on any atom is -0.348 e. The van der Waals surface area contributed by atoms with Crippen molar-refractivity contribution in [2.24, 2.45) is 5.73 Å². The van der Waals surface area contributed by atoms with Gasteiger partial charge in [-0.1, -0.05) is 36.8 Å². The zero-order valence-corrected chi connectivity index (χ0v) is 12.5. The van der Waals surface area contributed by atoms with Crippen LogP contribution in [-0.4, -0.2) is 10.9 Å². The average Bonchev–Trinajstić information content (AvgIpc) is 2.93. The van der Waals surface area contributed by atoms with Crippen molar-refractivity contribution in [3.63, 3.8) is 0 Å². The summed E-state index contributed by atoms with van der Waals surface area (Å²) in [5, 5.41) is 3.74. The number of amides is 1. The van der Waals surface area contributed by atoms with E-state index in [1.165, 1.54) is 4.88 Å². The van der Waals surface area contributed by atoms with Crippen molar-refractivity contribution in [2.75, 3.05) is 0 Å². The zero-order chi connectivity index (χ0) is 14.5.